The maximum Gasteiger partial charge on any atom is 0.0541 e. The summed E-state index contributed by atoms with van der Waals surface area (Å²) in [4.78, 5) is 0. The Kier molecular flexibility index (Phi) is 11.1. The third kappa shape index (κ3) is 6.77. The third-order valence-corrected chi connectivity index (χ3v) is 14.6. The Hall–Kier alpha value is -6.96. The number of fused-ring (bicyclic) bond motifs is 5. The van der Waals surface area contributed by atoms with Gasteiger partial charge in [-0.3, -0.25) is 0 Å². The normalized spacial score (nSPS) is 12.8. The summed E-state index contributed by atoms with van der Waals surface area (Å²) in [5.41, 5.74) is 13.8. The summed E-state index contributed by atoms with van der Waals surface area (Å²) in [5, 5.41) is 8.07. The fourth-order valence-corrected chi connectivity index (χ4v) is 11.5. The van der Waals surface area contributed by atoms with Crippen LogP contribution >= 0.6 is 0 Å². The lowest BCUT2D eigenvalue weighted by atomic mass is 9.63. The first-order valence-corrected chi connectivity index (χ1v) is 23.5. The van der Waals surface area contributed by atoms with Crippen molar-refractivity contribution in [2.45, 2.75) is 70.6 Å². The summed E-state index contributed by atoms with van der Waals surface area (Å²) in [6.07, 6.45) is 7.47. The number of rotatable bonds is 13. The second-order valence-corrected chi connectivity index (χ2v) is 17.6. The van der Waals surface area contributed by atoms with Crippen molar-refractivity contribution in [3.8, 4) is 5.69 Å². The smallest absolute Gasteiger partial charge is 0.0541 e. The van der Waals surface area contributed by atoms with Crippen molar-refractivity contribution in [2.75, 3.05) is 0 Å². The van der Waals surface area contributed by atoms with E-state index in [0.717, 1.165) is 32.1 Å². The highest BCUT2D eigenvalue weighted by Gasteiger charge is 2.39. The number of aromatic nitrogens is 1. The van der Waals surface area contributed by atoms with Crippen LogP contribution in [0.15, 0.2) is 206 Å². The van der Waals surface area contributed by atoms with Gasteiger partial charge in [-0.15, -0.1) is 0 Å². The lowest BCUT2D eigenvalue weighted by Gasteiger charge is -2.40. The van der Waals surface area contributed by atoms with Crippen LogP contribution in [-0.4, -0.2) is 4.57 Å². The van der Waals surface area contributed by atoms with E-state index in [1.165, 1.54) is 93.6 Å². The first kappa shape index (κ1) is 41.1. The Morgan fingerprint density at radius 3 is 1.20 bits per heavy atom. The Morgan fingerprint density at radius 1 is 0.391 bits per heavy atom. The third-order valence-electron chi connectivity index (χ3n) is 14.6. The molecule has 1 unspecified atom stereocenters. The van der Waals surface area contributed by atoms with Crippen molar-refractivity contribution in [1.29, 1.82) is 0 Å². The van der Waals surface area contributed by atoms with Gasteiger partial charge >= 0.3 is 0 Å². The van der Waals surface area contributed by atoms with Crippen LogP contribution < -0.4 is 0 Å². The molecule has 0 saturated carbocycles. The molecule has 0 bridgehead atoms. The molecular formula is C63H57N. The van der Waals surface area contributed by atoms with Crippen molar-refractivity contribution < 1.29 is 0 Å². The molecule has 0 fully saturated rings. The van der Waals surface area contributed by atoms with Gasteiger partial charge in [-0.1, -0.05) is 216 Å². The summed E-state index contributed by atoms with van der Waals surface area (Å²) in [5.74, 6) is 0. The predicted octanol–water partition coefficient (Wildman–Crippen LogP) is 17.3. The monoisotopic (exact) mass is 827 g/mol. The highest BCUT2D eigenvalue weighted by atomic mass is 15.0. The lowest BCUT2D eigenvalue weighted by Crippen LogP contribution is -2.30. The predicted molar refractivity (Wildman–Crippen MR) is 276 cm³/mol. The molecule has 1 aromatic heterocycles. The van der Waals surface area contributed by atoms with Crippen molar-refractivity contribution >= 4 is 55.0 Å². The molecular weight excluding hydrogens is 771 g/mol. The number of benzene rings is 9. The average molecular weight is 828 g/mol. The van der Waals surface area contributed by atoms with Crippen molar-refractivity contribution in [3.63, 3.8) is 0 Å². The quantitative estimate of drug-likeness (QED) is 0.0806. The number of nitrogens with zero attached hydrogens (tertiary/aromatic N) is 1. The molecule has 64 heavy (non-hydrogen) atoms. The molecule has 10 rings (SSSR count). The van der Waals surface area contributed by atoms with Crippen LogP contribution in [0.1, 0.15) is 98.7 Å². The average Bonchev–Trinajstić information content (AvgIpc) is 3.70. The standard InChI is InChI=1S/C63H57N/c1-5-43-63(8-4,49-37-35-45(36-38-49)44-57(46-23-11-9-12-24-46)47-25-13-10-14-26-47)61-55-31-17-15-29-53(55)60(54-30-16-18-32-56(54)61)62(6-2,7-3)48-39-41-50(42-40-48)64-58-33-21-19-27-51(58)52-28-20-22-34-59(52)64/h9-42,44H,5-8,43H2,1-4H3. The summed E-state index contributed by atoms with van der Waals surface area (Å²) >= 11 is 0. The SMILES string of the molecule is CCCC(CC)(c1ccc(C=C(c2ccccc2)c2ccccc2)cc1)c1c2ccccc2c(C(CC)(CC)c2ccc(-n3c4ccccc4c4ccccc43)cc2)c2ccccc12. The van der Waals surface area contributed by atoms with E-state index < -0.39 is 0 Å². The van der Waals surface area contributed by atoms with Crippen LogP contribution in [0.25, 0.3) is 60.7 Å². The molecule has 0 aliphatic heterocycles. The van der Waals surface area contributed by atoms with E-state index in [2.05, 4.69) is 245 Å². The Bertz CT molecular complexity index is 3100. The fraction of sp³-hybridized carbons (Fsp3) is 0.175. The molecule has 0 amide bonds. The lowest BCUT2D eigenvalue weighted by molar-refractivity contribution is 0.456. The second kappa shape index (κ2) is 17.3. The van der Waals surface area contributed by atoms with Gasteiger partial charge in [0, 0.05) is 27.3 Å². The summed E-state index contributed by atoms with van der Waals surface area (Å²) in [7, 11) is 0. The van der Waals surface area contributed by atoms with E-state index in [-0.39, 0.29) is 10.8 Å². The highest BCUT2D eigenvalue weighted by Crippen LogP contribution is 2.52. The van der Waals surface area contributed by atoms with Crippen molar-refractivity contribution in [3.05, 3.63) is 245 Å². The van der Waals surface area contributed by atoms with Crippen molar-refractivity contribution in [1.82, 2.24) is 4.57 Å². The maximum absolute atomic E-state index is 2.43. The first-order valence-electron chi connectivity index (χ1n) is 23.5. The van der Waals surface area contributed by atoms with E-state index in [4.69, 9.17) is 0 Å². The zero-order valence-electron chi connectivity index (χ0n) is 37.7. The fourth-order valence-electron chi connectivity index (χ4n) is 11.5. The van der Waals surface area contributed by atoms with E-state index in [1.54, 1.807) is 0 Å². The van der Waals surface area contributed by atoms with Crippen LogP contribution in [-0.2, 0) is 10.8 Å². The summed E-state index contributed by atoms with van der Waals surface area (Å²) in [6, 6.07) is 77.0. The van der Waals surface area contributed by atoms with Gasteiger partial charge in [0.1, 0.15) is 0 Å². The molecule has 0 spiro atoms. The van der Waals surface area contributed by atoms with Gasteiger partial charge in [0.05, 0.1) is 11.0 Å². The van der Waals surface area contributed by atoms with Crippen LogP contribution in [0, 0.1) is 0 Å². The molecule has 9 aromatic carbocycles. The molecule has 0 aliphatic carbocycles. The minimum absolute atomic E-state index is 0.193. The zero-order chi connectivity index (χ0) is 43.7. The van der Waals surface area contributed by atoms with Gasteiger partial charge in [-0.05, 0) is 122 Å². The first-order chi connectivity index (χ1) is 31.5. The molecule has 314 valence electrons. The van der Waals surface area contributed by atoms with Crippen molar-refractivity contribution in [2.24, 2.45) is 0 Å². The van der Waals surface area contributed by atoms with Gasteiger partial charge in [-0.25, -0.2) is 0 Å². The minimum Gasteiger partial charge on any atom is -0.309 e. The molecule has 0 saturated heterocycles. The molecule has 0 aliphatic rings. The van der Waals surface area contributed by atoms with E-state index >= 15 is 0 Å². The van der Waals surface area contributed by atoms with Gasteiger partial charge in [0.2, 0.25) is 0 Å². The van der Waals surface area contributed by atoms with Crippen LogP contribution in [0.2, 0.25) is 0 Å². The van der Waals surface area contributed by atoms with Gasteiger partial charge in [-0.2, -0.15) is 0 Å². The van der Waals surface area contributed by atoms with E-state index in [1.807, 2.05) is 0 Å². The Balaban J connectivity index is 1.14. The van der Waals surface area contributed by atoms with Gasteiger partial charge in [0.25, 0.3) is 0 Å². The molecule has 1 heterocycles. The Morgan fingerprint density at radius 2 is 0.766 bits per heavy atom. The molecule has 1 atom stereocenters. The van der Waals surface area contributed by atoms with Crippen LogP contribution in [0.3, 0.4) is 0 Å². The topological polar surface area (TPSA) is 4.93 Å². The molecule has 0 radical (unpaired) electrons. The van der Waals surface area contributed by atoms with E-state index in [9.17, 15) is 0 Å². The van der Waals surface area contributed by atoms with Crippen LogP contribution in [0.5, 0.6) is 0 Å². The summed E-state index contributed by atoms with van der Waals surface area (Å²) < 4.78 is 2.43. The molecule has 1 nitrogen and oxygen atoms in total. The largest absolute Gasteiger partial charge is 0.309 e. The van der Waals surface area contributed by atoms with Gasteiger partial charge < -0.3 is 4.57 Å². The Labute approximate surface area is 379 Å². The van der Waals surface area contributed by atoms with E-state index in [0.29, 0.717) is 0 Å². The maximum atomic E-state index is 2.43. The number of hydrogen-bond acceptors (Lipinski definition) is 0. The summed E-state index contributed by atoms with van der Waals surface area (Å²) in [6.45, 7) is 9.55. The molecule has 1 heteroatoms. The molecule has 0 N–H and O–H groups in total. The van der Waals surface area contributed by atoms with Crippen LogP contribution in [0.4, 0.5) is 0 Å². The second-order valence-electron chi connectivity index (χ2n) is 17.6. The minimum atomic E-state index is -0.208. The number of para-hydroxylation sites is 2. The van der Waals surface area contributed by atoms with Gasteiger partial charge in [0.15, 0.2) is 0 Å². The zero-order valence-corrected chi connectivity index (χ0v) is 37.7. The number of hydrogen-bond donors (Lipinski definition) is 0. The molecule has 10 aromatic rings. The highest BCUT2D eigenvalue weighted by molar-refractivity contribution is 6.10.